The van der Waals surface area contributed by atoms with Crippen LogP contribution in [0.25, 0.3) is 30.8 Å². The Hall–Kier alpha value is -0.0366. The molecule has 0 aromatic carbocycles. The van der Waals surface area contributed by atoms with Gasteiger partial charge in [-0.1, -0.05) is 0 Å². The molecule has 0 aliphatic rings. The van der Waals surface area contributed by atoms with Gasteiger partial charge in [0.1, 0.15) is 0 Å². The number of nitrogens with zero attached hydrogens (tertiary/aromatic N) is 1. The zero-order valence-electron chi connectivity index (χ0n) is 6.14. The maximum Gasteiger partial charge on any atom is 5.00 e. The molecule has 0 spiro atoms. The first-order chi connectivity index (χ1) is 3.00. The first kappa shape index (κ1) is 75.3. The van der Waals surface area contributed by atoms with Crippen molar-refractivity contribution in [1.82, 2.24) is 0 Å². The average molecular weight is 307 g/mol. The van der Waals surface area contributed by atoms with E-state index < -0.39 is 10.4 Å². The van der Waals surface area contributed by atoms with Crippen molar-refractivity contribution < 1.29 is 41.8 Å². The van der Waals surface area contributed by atoms with Crippen molar-refractivity contribution in [3.8, 4) is 0 Å². The minimum absolute atomic E-state index is 0. The minimum Gasteiger partial charge on any atom is -0.759 e. The van der Waals surface area contributed by atoms with E-state index in [2.05, 4.69) is 0 Å². The molecular formula is H10N6O5RuS-. The Balaban J connectivity index is -0.00000000492. The van der Waals surface area contributed by atoms with E-state index in [0.29, 0.717) is 0 Å². The van der Waals surface area contributed by atoms with E-state index in [1.165, 1.54) is 0 Å². The molecule has 0 aliphatic heterocycles. The van der Waals surface area contributed by atoms with Crippen LogP contribution in [-0.4, -0.2) is 17.5 Å². The third-order valence-electron chi connectivity index (χ3n) is 0. The van der Waals surface area contributed by atoms with Crippen molar-refractivity contribution in [1.29, 1.82) is 5.46 Å². The molecule has 13 heteroatoms. The van der Waals surface area contributed by atoms with Gasteiger partial charge in [-0.25, -0.2) is 0 Å². The van der Waals surface area contributed by atoms with Crippen LogP contribution in [0.4, 0.5) is 0 Å². The van der Waals surface area contributed by atoms with Crippen molar-refractivity contribution in [2.24, 2.45) is 0 Å². The number of hydrogen-bond acceptors (Lipinski definition) is 5. The second kappa shape index (κ2) is 40.4. The van der Waals surface area contributed by atoms with Crippen LogP contribution in [0, 0.1) is 5.46 Å². The predicted molar refractivity (Wildman–Crippen MR) is 39.3 cm³/mol. The SMILES string of the molecule is N#[O+].O=S(=O)([O-])[O-].[NH2-].[NH2-].[NH2-].[NH2-].[NH2-].[Ru+5]. The molecule has 85 valence electrons. The van der Waals surface area contributed by atoms with E-state index in [-0.39, 0.29) is 50.2 Å². The van der Waals surface area contributed by atoms with E-state index in [1.807, 2.05) is 0 Å². The van der Waals surface area contributed by atoms with Gasteiger partial charge in [-0.2, -0.15) is 0 Å². The maximum absolute atomic E-state index is 8.52. The average Bonchev–Trinajstić information content (AvgIpc) is 1.36. The van der Waals surface area contributed by atoms with Gasteiger partial charge >= 0.3 is 29.7 Å². The van der Waals surface area contributed by atoms with Gasteiger partial charge in [0, 0.05) is 10.4 Å². The number of hydrogen-bond donors (Lipinski definition) is 0. The summed E-state index contributed by atoms with van der Waals surface area (Å²) in [4.78, 5) is 0. The second-order valence-corrected chi connectivity index (χ2v) is 1.22. The van der Waals surface area contributed by atoms with Crippen molar-refractivity contribution >= 4 is 10.4 Å². The van der Waals surface area contributed by atoms with Gasteiger partial charge in [-0.05, 0) is 0 Å². The molecule has 13 heavy (non-hydrogen) atoms. The molecule has 0 unspecified atom stereocenters. The fourth-order valence-corrected chi connectivity index (χ4v) is 0. The molecule has 0 aliphatic carbocycles. The van der Waals surface area contributed by atoms with Gasteiger partial charge in [-0.3, -0.25) is 8.42 Å². The Kier molecular flexibility index (Phi) is 234. The normalized spacial score (nSPS) is 4.62. The van der Waals surface area contributed by atoms with Crippen LogP contribution in [0.5, 0.6) is 0 Å². The molecule has 0 fully saturated rings. The number of nitrogens with two attached hydrogens (primary N) is 5. The molecular weight excluding hydrogens is 297 g/mol. The van der Waals surface area contributed by atoms with Crippen molar-refractivity contribution in [3.05, 3.63) is 30.8 Å². The zero-order valence-corrected chi connectivity index (χ0v) is 8.69. The molecule has 10 N–H and O–H groups in total. The summed E-state index contributed by atoms with van der Waals surface area (Å²) in [6.45, 7) is 0. The monoisotopic (exact) mass is 308 g/mol. The van der Waals surface area contributed by atoms with Crippen molar-refractivity contribution in [3.63, 3.8) is 0 Å². The summed E-state index contributed by atoms with van der Waals surface area (Å²) < 4.78 is 41.3. The molecule has 0 aromatic heterocycles. The second-order valence-electron chi connectivity index (χ2n) is 0.408. The largest absolute Gasteiger partial charge is 5.00 e. The topological polar surface area (TPSA) is 291 Å². The Labute approximate surface area is 88.8 Å². The molecule has 0 atom stereocenters. The van der Waals surface area contributed by atoms with Gasteiger partial charge in [0.25, 0.3) is 0 Å². The van der Waals surface area contributed by atoms with Crippen LogP contribution in [-0.2, 0) is 34.7 Å². The standard InChI is InChI=1S/NO.5H2N.H2O4S.Ru/c1-2;;;;;;1-5(2,3)4;/h;5*1H2;(H2,1,2,3,4);/q+1;5*-1;;+5/p-2. The van der Waals surface area contributed by atoms with E-state index in [0.717, 1.165) is 0 Å². The smallest absolute Gasteiger partial charge is 0.759 e. The van der Waals surface area contributed by atoms with Crippen molar-refractivity contribution in [2.75, 3.05) is 0 Å². The van der Waals surface area contributed by atoms with Gasteiger partial charge < -0.3 is 39.9 Å². The van der Waals surface area contributed by atoms with E-state index in [1.54, 1.807) is 0 Å². The quantitative estimate of drug-likeness (QED) is 0.280. The molecule has 0 heterocycles. The number of rotatable bonds is 0. The molecule has 1 radical (unpaired) electrons. The van der Waals surface area contributed by atoms with Crippen LogP contribution in [0.1, 0.15) is 0 Å². The van der Waals surface area contributed by atoms with Gasteiger partial charge in [0.05, 0.1) is 0 Å². The Morgan fingerprint density at radius 1 is 0.846 bits per heavy atom. The van der Waals surface area contributed by atoms with E-state index in [4.69, 9.17) is 27.8 Å². The van der Waals surface area contributed by atoms with Crippen molar-refractivity contribution in [2.45, 2.75) is 0 Å². The third kappa shape index (κ3) is 885000. The molecule has 0 saturated carbocycles. The fourth-order valence-electron chi connectivity index (χ4n) is 0. The van der Waals surface area contributed by atoms with Crippen LogP contribution in [0.2, 0.25) is 0 Å². The molecule has 0 rings (SSSR count). The van der Waals surface area contributed by atoms with E-state index in [9.17, 15) is 0 Å². The summed E-state index contributed by atoms with van der Waals surface area (Å²) in [7, 11) is -5.17. The third-order valence-corrected chi connectivity index (χ3v) is 0. The summed E-state index contributed by atoms with van der Waals surface area (Å²) in [5.74, 6) is 0. The zero-order chi connectivity index (χ0) is 6.50. The van der Waals surface area contributed by atoms with Gasteiger partial charge in [-0.15, -0.1) is 0 Å². The minimum atomic E-state index is -5.17. The Morgan fingerprint density at radius 2 is 0.846 bits per heavy atom. The summed E-state index contributed by atoms with van der Waals surface area (Å²) in [6, 6.07) is 0. The van der Waals surface area contributed by atoms with Crippen LogP contribution in [0.3, 0.4) is 0 Å². The molecule has 0 aromatic rings. The first-order valence-electron chi connectivity index (χ1n) is 0.849. The van der Waals surface area contributed by atoms with E-state index >= 15 is 0 Å². The molecule has 11 nitrogen and oxygen atoms in total. The summed E-state index contributed by atoms with van der Waals surface area (Å²) in [5.41, 5.74) is 5.75. The van der Waals surface area contributed by atoms with Gasteiger partial charge in [0.15, 0.2) is 0 Å². The van der Waals surface area contributed by atoms with Crippen LogP contribution < -0.4 is 0 Å². The van der Waals surface area contributed by atoms with Crippen LogP contribution in [0.15, 0.2) is 0 Å². The summed E-state index contributed by atoms with van der Waals surface area (Å²) in [6.07, 6.45) is 0. The van der Waals surface area contributed by atoms with Gasteiger partial charge in [0.2, 0.25) is 0 Å². The maximum atomic E-state index is 8.52. The predicted octanol–water partition coefficient (Wildman–Crippen LogP) is 2.14. The molecule has 0 bridgehead atoms. The summed E-state index contributed by atoms with van der Waals surface area (Å²) >= 11 is 0. The molecule has 0 saturated heterocycles. The summed E-state index contributed by atoms with van der Waals surface area (Å²) in [5, 5.41) is 0. The molecule has 0 amide bonds. The Bertz CT molecular complexity index is 132. The fraction of sp³-hybridized carbons (Fsp3) is 0. The Morgan fingerprint density at radius 3 is 0.846 bits per heavy atom. The first-order valence-corrected chi connectivity index (χ1v) is 2.18. The van der Waals surface area contributed by atoms with Crippen LogP contribution >= 0.6 is 0 Å².